The van der Waals surface area contributed by atoms with E-state index in [1.54, 1.807) is 24.3 Å². The van der Waals surface area contributed by atoms with E-state index >= 15 is 0 Å². The third-order valence-corrected chi connectivity index (χ3v) is 2.63. The third kappa shape index (κ3) is 2.80. The van der Waals surface area contributed by atoms with Crippen LogP contribution in [0.15, 0.2) is 24.3 Å². The number of nitrogens with zero attached hydrogens (tertiary/aromatic N) is 2. The standard InChI is InChI=1S/C12H11F2N3O3/c13-12(14,6-18)5-15-9-7-3-1-2-4-8(7)16-17-10(9)11(19)20/h1-4,18H,5-6H2,(H,15,16)(H,19,20). The predicted octanol–water partition coefficient (Wildman–Crippen LogP) is 1.37. The minimum absolute atomic E-state index is 0.0452. The van der Waals surface area contributed by atoms with Crippen molar-refractivity contribution in [2.24, 2.45) is 0 Å². The van der Waals surface area contributed by atoms with Gasteiger partial charge in [0, 0.05) is 5.39 Å². The molecule has 0 fully saturated rings. The van der Waals surface area contributed by atoms with E-state index in [4.69, 9.17) is 10.2 Å². The van der Waals surface area contributed by atoms with Crippen molar-refractivity contribution in [2.45, 2.75) is 5.92 Å². The van der Waals surface area contributed by atoms with Crippen molar-refractivity contribution in [1.82, 2.24) is 10.2 Å². The molecule has 2 aromatic rings. The fourth-order valence-electron chi connectivity index (χ4n) is 1.66. The fourth-order valence-corrected chi connectivity index (χ4v) is 1.66. The number of hydrogen-bond acceptors (Lipinski definition) is 5. The van der Waals surface area contributed by atoms with Gasteiger partial charge in [0.15, 0.2) is 5.69 Å². The molecule has 8 heteroatoms. The topological polar surface area (TPSA) is 95.3 Å². The first-order chi connectivity index (χ1) is 9.44. The Morgan fingerprint density at radius 3 is 2.65 bits per heavy atom. The first-order valence-electron chi connectivity index (χ1n) is 5.66. The number of alkyl halides is 2. The Hall–Kier alpha value is -2.35. The minimum Gasteiger partial charge on any atom is -0.476 e. The van der Waals surface area contributed by atoms with E-state index in [0.717, 1.165) is 0 Å². The van der Waals surface area contributed by atoms with Crippen LogP contribution in [0.3, 0.4) is 0 Å². The van der Waals surface area contributed by atoms with Gasteiger partial charge in [0.05, 0.1) is 17.7 Å². The van der Waals surface area contributed by atoms with Crippen molar-refractivity contribution in [3.8, 4) is 0 Å². The van der Waals surface area contributed by atoms with Gasteiger partial charge in [0.25, 0.3) is 5.92 Å². The zero-order valence-corrected chi connectivity index (χ0v) is 10.2. The molecule has 1 aromatic heterocycles. The molecule has 0 atom stereocenters. The highest BCUT2D eigenvalue weighted by molar-refractivity contribution is 6.02. The maximum absolute atomic E-state index is 13.1. The Kier molecular flexibility index (Phi) is 3.75. The smallest absolute Gasteiger partial charge is 0.358 e. The van der Waals surface area contributed by atoms with E-state index in [-0.39, 0.29) is 5.69 Å². The Labute approximate surface area is 112 Å². The molecule has 106 valence electrons. The van der Waals surface area contributed by atoms with E-state index in [1.165, 1.54) is 0 Å². The molecule has 1 aromatic carbocycles. The van der Waals surface area contributed by atoms with E-state index in [9.17, 15) is 13.6 Å². The number of aliphatic hydroxyl groups is 1. The number of aromatic nitrogens is 2. The lowest BCUT2D eigenvalue weighted by Crippen LogP contribution is -2.31. The van der Waals surface area contributed by atoms with Gasteiger partial charge >= 0.3 is 5.97 Å². The predicted molar refractivity (Wildman–Crippen MR) is 67.0 cm³/mol. The maximum atomic E-state index is 13.1. The monoisotopic (exact) mass is 283 g/mol. The number of fused-ring (bicyclic) bond motifs is 1. The molecule has 0 spiro atoms. The van der Waals surface area contributed by atoms with Crippen molar-refractivity contribution in [3.63, 3.8) is 0 Å². The molecule has 0 aliphatic heterocycles. The van der Waals surface area contributed by atoms with Crippen molar-refractivity contribution >= 4 is 22.6 Å². The number of carboxylic acids is 1. The molecular formula is C12H11F2N3O3. The molecule has 2 rings (SSSR count). The van der Waals surface area contributed by atoms with E-state index in [2.05, 4.69) is 15.5 Å². The van der Waals surface area contributed by atoms with Crippen LogP contribution in [0.25, 0.3) is 10.9 Å². The summed E-state index contributed by atoms with van der Waals surface area (Å²) in [4.78, 5) is 11.1. The summed E-state index contributed by atoms with van der Waals surface area (Å²) < 4.78 is 26.2. The van der Waals surface area contributed by atoms with Gasteiger partial charge in [-0.05, 0) is 6.07 Å². The number of carboxylic acid groups (broad SMARTS) is 1. The van der Waals surface area contributed by atoms with Gasteiger partial charge in [0.2, 0.25) is 0 Å². The summed E-state index contributed by atoms with van der Waals surface area (Å²) >= 11 is 0. The fraction of sp³-hybridized carbons (Fsp3) is 0.250. The van der Waals surface area contributed by atoms with Crippen LogP contribution >= 0.6 is 0 Å². The number of aromatic carboxylic acids is 1. The Balaban J connectivity index is 2.47. The second kappa shape index (κ2) is 5.33. The summed E-state index contributed by atoms with van der Waals surface area (Å²) in [5.74, 6) is -4.74. The average molecular weight is 283 g/mol. The van der Waals surface area contributed by atoms with Crippen LogP contribution in [0.2, 0.25) is 0 Å². The van der Waals surface area contributed by atoms with Gasteiger partial charge in [0.1, 0.15) is 6.61 Å². The molecule has 0 saturated carbocycles. The highest BCUT2D eigenvalue weighted by atomic mass is 19.3. The van der Waals surface area contributed by atoms with E-state index < -0.39 is 30.7 Å². The largest absolute Gasteiger partial charge is 0.476 e. The van der Waals surface area contributed by atoms with Gasteiger partial charge in [-0.25, -0.2) is 13.6 Å². The van der Waals surface area contributed by atoms with E-state index in [1.807, 2.05) is 0 Å². The van der Waals surface area contributed by atoms with E-state index in [0.29, 0.717) is 10.9 Å². The lowest BCUT2D eigenvalue weighted by atomic mass is 10.1. The summed E-state index contributed by atoms with van der Waals surface area (Å²) in [6.07, 6.45) is 0. The number of nitrogens with one attached hydrogen (secondary N) is 1. The molecule has 20 heavy (non-hydrogen) atoms. The molecule has 6 nitrogen and oxygen atoms in total. The highest BCUT2D eigenvalue weighted by Crippen LogP contribution is 2.25. The number of hydrogen-bond donors (Lipinski definition) is 3. The third-order valence-electron chi connectivity index (χ3n) is 2.63. The van der Waals surface area contributed by atoms with Gasteiger partial charge in [-0.3, -0.25) is 0 Å². The maximum Gasteiger partial charge on any atom is 0.358 e. The van der Waals surface area contributed by atoms with Crippen molar-refractivity contribution in [3.05, 3.63) is 30.0 Å². The molecule has 0 bridgehead atoms. The van der Waals surface area contributed by atoms with Crippen LogP contribution in [-0.2, 0) is 0 Å². The van der Waals surface area contributed by atoms with Gasteiger partial charge in [-0.2, -0.15) is 0 Å². The first kappa shape index (κ1) is 14.1. The average Bonchev–Trinajstić information content (AvgIpc) is 2.44. The molecule has 0 aliphatic carbocycles. The van der Waals surface area contributed by atoms with Gasteiger partial charge in [-0.15, -0.1) is 10.2 Å². The molecule has 3 N–H and O–H groups in total. The van der Waals surface area contributed by atoms with Crippen LogP contribution in [0.5, 0.6) is 0 Å². The molecule has 1 heterocycles. The minimum atomic E-state index is -3.36. The molecule has 0 unspecified atom stereocenters. The molecule has 0 amide bonds. The molecule has 0 radical (unpaired) electrons. The number of anilines is 1. The number of benzene rings is 1. The second-order valence-corrected chi connectivity index (χ2v) is 4.11. The Morgan fingerprint density at radius 1 is 1.30 bits per heavy atom. The van der Waals surface area contributed by atoms with Gasteiger partial charge in [-0.1, -0.05) is 18.2 Å². The summed E-state index contributed by atoms with van der Waals surface area (Å²) in [5.41, 5.74) is -0.110. The van der Waals surface area contributed by atoms with Gasteiger partial charge < -0.3 is 15.5 Å². The number of rotatable bonds is 5. The SMILES string of the molecule is O=C(O)c1nnc2ccccc2c1NCC(F)(F)CO. The summed E-state index contributed by atoms with van der Waals surface area (Å²) in [5, 5.41) is 27.5. The normalized spacial score (nSPS) is 11.6. The van der Waals surface area contributed by atoms with Crippen LogP contribution in [0, 0.1) is 0 Å². The molecule has 0 aliphatic rings. The summed E-state index contributed by atoms with van der Waals surface area (Å²) in [6.45, 7) is -2.24. The lowest BCUT2D eigenvalue weighted by molar-refractivity contribution is -0.0372. The lowest BCUT2D eigenvalue weighted by Gasteiger charge is -2.16. The number of carbonyl (C=O) groups is 1. The second-order valence-electron chi connectivity index (χ2n) is 4.11. The molecular weight excluding hydrogens is 272 g/mol. The van der Waals surface area contributed by atoms with Crippen LogP contribution < -0.4 is 5.32 Å². The van der Waals surface area contributed by atoms with Crippen LogP contribution in [0.1, 0.15) is 10.5 Å². The zero-order chi connectivity index (χ0) is 14.8. The summed E-state index contributed by atoms with van der Waals surface area (Å²) in [6, 6.07) is 6.44. The molecule has 0 saturated heterocycles. The van der Waals surface area contributed by atoms with Crippen LogP contribution in [0.4, 0.5) is 14.5 Å². The quantitative estimate of drug-likeness (QED) is 0.767. The Bertz CT molecular complexity index is 649. The van der Waals surface area contributed by atoms with Crippen molar-refractivity contribution < 1.29 is 23.8 Å². The first-order valence-corrected chi connectivity index (χ1v) is 5.66. The zero-order valence-electron chi connectivity index (χ0n) is 10.2. The summed E-state index contributed by atoms with van der Waals surface area (Å²) in [7, 11) is 0. The number of halogens is 2. The van der Waals surface area contributed by atoms with Crippen LogP contribution in [-0.4, -0.2) is 45.5 Å². The Morgan fingerprint density at radius 2 is 2.00 bits per heavy atom. The van der Waals surface area contributed by atoms with Crippen molar-refractivity contribution in [2.75, 3.05) is 18.5 Å². The highest BCUT2D eigenvalue weighted by Gasteiger charge is 2.28. The number of aliphatic hydroxyl groups excluding tert-OH is 1. The van der Waals surface area contributed by atoms with Crippen molar-refractivity contribution in [1.29, 1.82) is 0 Å².